The van der Waals surface area contributed by atoms with E-state index in [-0.39, 0.29) is 72.4 Å². The van der Waals surface area contributed by atoms with E-state index in [9.17, 15) is 10.1 Å². The van der Waals surface area contributed by atoms with Crippen LogP contribution in [0.2, 0.25) is 15.1 Å². The largest absolute Gasteiger partial charge is 2.00 e. The van der Waals surface area contributed by atoms with E-state index in [1.807, 2.05) is 152 Å². The summed E-state index contributed by atoms with van der Waals surface area (Å²) in [7, 11) is 0. The van der Waals surface area contributed by atoms with Crippen LogP contribution in [0.3, 0.4) is 0 Å². The first-order valence-corrected chi connectivity index (χ1v) is 21.7. The maximum Gasteiger partial charge on any atom is 2.00 e. The van der Waals surface area contributed by atoms with Crippen LogP contribution in [0.15, 0.2) is 237 Å². The van der Waals surface area contributed by atoms with Gasteiger partial charge in [-0.05, 0) is 90.6 Å². The van der Waals surface area contributed by atoms with Crippen molar-refractivity contribution in [3.8, 4) is 56.3 Å². The quantitative estimate of drug-likeness (QED) is 0.0747. The zero-order valence-electron chi connectivity index (χ0n) is 38.2. The molecule has 0 radical (unpaired) electrons. The number of rotatable bonds is 6. The van der Waals surface area contributed by atoms with Crippen molar-refractivity contribution in [1.29, 1.82) is 0 Å². The van der Waals surface area contributed by atoms with Gasteiger partial charge in [0.05, 0.1) is 37.7 Å². The first kappa shape index (κ1) is 61.0. The monoisotopic (exact) mass is 1040 g/mol. The van der Waals surface area contributed by atoms with E-state index in [1.165, 1.54) is 18.2 Å². The third-order valence-electron chi connectivity index (χ3n) is 9.23. The maximum absolute atomic E-state index is 10.6. The van der Waals surface area contributed by atoms with Crippen molar-refractivity contribution in [2.24, 2.45) is 0 Å². The SMILES string of the molecule is Clc1ccccc1-c1ccccn1.Nc1ccc(Cl)c(-c2ccccn2)c1.O=[N+]([O-])c1ccc(Cl)c(-c2ccccn2)c1.[Cl-].[Cl-].[Li+].[Mg+2].[c-]1ccccc1-c1ccccn1.c1ccc(-c2ccccn2)cc1. The van der Waals surface area contributed by atoms with Crippen molar-refractivity contribution in [1.82, 2.24) is 24.9 Å². The number of nitro groups is 1. The van der Waals surface area contributed by atoms with Gasteiger partial charge in [-0.1, -0.05) is 120 Å². The summed E-state index contributed by atoms with van der Waals surface area (Å²) in [6, 6.07) is 67.1. The molecule has 16 heteroatoms. The number of nitrogens with two attached hydrogens (primary N) is 1. The Kier molecular flexibility index (Phi) is 28.7. The molecule has 5 aromatic heterocycles. The van der Waals surface area contributed by atoms with Gasteiger partial charge >= 0.3 is 41.9 Å². The molecule has 346 valence electrons. The number of aromatic nitrogens is 5. The number of benzene rings is 5. The number of non-ortho nitro benzene ring substituents is 1. The molecule has 0 aliphatic carbocycles. The number of nitrogen functional groups attached to an aromatic ring is 1. The number of hydrogen-bond donors (Lipinski definition) is 1. The van der Waals surface area contributed by atoms with Gasteiger partial charge in [-0.25, -0.2) is 0 Å². The molecule has 2 N–H and O–H groups in total. The molecule has 5 aromatic carbocycles. The smallest absolute Gasteiger partial charge is 1.00 e. The van der Waals surface area contributed by atoms with Gasteiger partial charge in [0.2, 0.25) is 0 Å². The standard InChI is InChI=1S/C11H7ClN2O2.C11H9ClN2.C11H8ClN.C11H9N.C11H8N.2ClH.Li.Mg/c12-10-5-4-8(14(15)16)7-9(10)11-3-1-2-6-13-11;12-10-5-4-8(13)7-9(10)11-3-1-2-6-14-11;12-10-6-2-1-5-9(10)11-7-3-4-8-13-11;2*1-2-6-10(7-3-1)11-8-4-5-9-12-11;;;;/h1-7H;1-7H,13H2;1-8H;1-9H;1-6,8-9H;2*1H;;/q;;;;-1;;;+1;+2/p-2. The van der Waals surface area contributed by atoms with Crippen LogP contribution in [0.5, 0.6) is 0 Å². The third kappa shape index (κ3) is 19.9. The summed E-state index contributed by atoms with van der Waals surface area (Å²) >= 11 is 18.0. The normalized spacial score (nSPS) is 9.34. The fraction of sp³-hybridized carbons (Fsp3) is 0. The molecule has 0 unspecified atom stereocenters. The van der Waals surface area contributed by atoms with E-state index in [1.54, 1.807) is 55.1 Å². The molecule has 0 bridgehead atoms. The molecule has 0 fully saturated rings. The van der Waals surface area contributed by atoms with Gasteiger partial charge in [-0.15, -0.1) is 35.9 Å². The van der Waals surface area contributed by atoms with Gasteiger partial charge in [0.15, 0.2) is 0 Å². The Labute approximate surface area is 469 Å². The Morgan fingerprint density at radius 3 is 1.31 bits per heavy atom. The molecule has 10 rings (SSSR count). The van der Waals surface area contributed by atoms with Crippen molar-refractivity contribution in [2.75, 3.05) is 5.73 Å². The molecular weight excluding hydrogens is 999 g/mol. The van der Waals surface area contributed by atoms with Crippen molar-refractivity contribution < 1.29 is 48.6 Å². The van der Waals surface area contributed by atoms with E-state index in [0.717, 1.165) is 50.1 Å². The second-order valence-electron chi connectivity index (χ2n) is 13.9. The van der Waals surface area contributed by atoms with E-state index in [2.05, 4.69) is 43.1 Å². The summed E-state index contributed by atoms with van der Waals surface area (Å²) in [5, 5.41) is 12.5. The average Bonchev–Trinajstić information content (AvgIpc) is 3.40. The predicted molar refractivity (Wildman–Crippen MR) is 279 cm³/mol. The van der Waals surface area contributed by atoms with Gasteiger partial charge in [0.1, 0.15) is 0 Å². The van der Waals surface area contributed by atoms with Gasteiger partial charge in [-0.2, -0.15) is 0 Å². The van der Waals surface area contributed by atoms with Crippen LogP contribution in [0, 0.1) is 16.2 Å². The summed E-state index contributed by atoms with van der Waals surface area (Å²) < 4.78 is 0. The fourth-order valence-electron chi connectivity index (χ4n) is 6.01. The molecule has 9 nitrogen and oxygen atoms in total. The van der Waals surface area contributed by atoms with E-state index >= 15 is 0 Å². The molecule has 0 saturated heterocycles. The molecule has 0 aliphatic rings. The number of pyridine rings is 5. The minimum absolute atomic E-state index is 0. The summed E-state index contributed by atoms with van der Waals surface area (Å²) in [5.74, 6) is 0. The van der Waals surface area contributed by atoms with Gasteiger partial charge < -0.3 is 35.5 Å². The zero-order chi connectivity index (χ0) is 47.1. The zero-order valence-corrected chi connectivity index (χ0v) is 43.4. The Bertz CT molecular complexity index is 2890. The average molecular weight is 1040 g/mol. The van der Waals surface area contributed by atoms with Gasteiger partial charge in [-0.3, -0.25) is 30.1 Å². The Balaban J connectivity index is 0.000000301. The van der Waals surface area contributed by atoms with Gasteiger partial charge in [0.25, 0.3) is 5.69 Å². The third-order valence-corrected chi connectivity index (χ3v) is 10.2. The molecule has 10 aromatic rings. The maximum atomic E-state index is 10.6. The van der Waals surface area contributed by atoms with Gasteiger partial charge in [0, 0.05) is 76.1 Å². The van der Waals surface area contributed by atoms with E-state index < -0.39 is 4.92 Å². The topological polar surface area (TPSA) is 134 Å². The van der Waals surface area contributed by atoms with Crippen molar-refractivity contribution >= 4 is 69.2 Å². The number of hydrogen-bond acceptors (Lipinski definition) is 8. The summed E-state index contributed by atoms with van der Waals surface area (Å²) in [5.41, 5.74) is 15.4. The van der Waals surface area contributed by atoms with E-state index in [4.69, 9.17) is 40.5 Å². The molecular formula is C55H41Cl5LiMgN7O2. The minimum atomic E-state index is -0.456. The van der Waals surface area contributed by atoms with E-state index in [0.29, 0.717) is 27.0 Å². The Morgan fingerprint density at radius 2 is 0.845 bits per heavy atom. The van der Waals surface area contributed by atoms with Crippen LogP contribution in [0.1, 0.15) is 0 Å². The fourth-order valence-corrected chi connectivity index (χ4v) is 6.68. The van der Waals surface area contributed by atoms with Crippen LogP contribution in [-0.2, 0) is 0 Å². The van der Waals surface area contributed by atoms with Crippen LogP contribution >= 0.6 is 34.8 Å². The first-order valence-electron chi connectivity index (χ1n) is 20.6. The number of halogens is 5. The summed E-state index contributed by atoms with van der Waals surface area (Å²) in [4.78, 5) is 31.2. The molecule has 0 spiro atoms. The summed E-state index contributed by atoms with van der Waals surface area (Å²) in [6.07, 6.45) is 8.70. The van der Waals surface area contributed by atoms with Crippen LogP contribution < -0.4 is 49.4 Å². The molecule has 71 heavy (non-hydrogen) atoms. The number of nitro benzene ring substituents is 1. The Hall–Kier alpha value is -6.14. The summed E-state index contributed by atoms with van der Waals surface area (Å²) in [6.45, 7) is 0. The molecule has 5 heterocycles. The second kappa shape index (κ2) is 33.4. The molecule has 0 saturated carbocycles. The van der Waals surface area contributed by atoms with Crippen LogP contribution in [0.25, 0.3) is 56.3 Å². The van der Waals surface area contributed by atoms with Crippen molar-refractivity contribution in [3.63, 3.8) is 0 Å². The minimum Gasteiger partial charge on any atom is -1.00 e. The van der Waals surface area contributed by atoms with Crippen molar-refractivity contribution in [2.45, 2.75) is 0 Å². The second-order valence-corrected chi connectivity index (χ2v) is 15.1. The molecule has 0 aliphatic heterocycles. The van der Waals surface area contributed by atoms with Crippen LogP contribution in [0.4, 0.5) is 11.4 Å². The number of anilines is 1. The molecule has 0 atom stereocenters. The number of nitrogens with zero attached hydrogens (tertiary/aromatic N) is 6. The van der Waals surface area contributed by atoms with Crippen molar-refractivity contribution in [3.05, 3.63) is 268 Å². The molecule has 0 amide bonds. The van der Waals surface area contributed by atoms with Crippen LogP contribution in [-0.4, -0.2) is 52.9 Å². The first-order chi connectivity index (χ1) is 32.8. The Morgan fingerprint density at radius 1 is 0.437 bits per heavy atom. The predicted octanol–water partition coefficient (Wildman–Crippen LogP) is 5.62.